The van der Waals surface area contributed by atoms with Gasteiger partial charge >= 0.3 is 13.9 Å². The third kappa shape index (κ3) is 8.09. The van der Waals surface area contributed by atoms with Crippen LogP contribution in [0.4, 0.5) is 0 Å². The van der Waals surface area contributed by atoms with Crippen molar-refractivity contribution in [3.05, 3.63) is 101 Å². The molecule has 1 aromatic heterocycles. The van der Waals surface area contributed by atoms with Gasteiger partial charge in [0.2, 0.25) is 0 Å². The minimum absolute atomic E-state index is 0.0288. The lowest BCUT2D eigenvalue weighted by Gasteiger charge is -2.12. The Labute approximate surface area is 219 Å². The Morgan fingerprint density at radius 3 is 1.68 bits per heavy atom. The molecule has 0 fully saturated rings. The average Bonchev–Trinajstić information content (AvgIpc) is 3.19. The first kappa shape index (κ1) is 28.3. The van der Waals surface area contributed by atoms with Crippen LogP contribution in [0, 0.1) is 5.92 Å². The van der Waals surface area contributed by atoms with Gasteiger partial charge in [0.15, 0.2) is 0 Å². The standard InChI is InChI=1S/C30H34N2O.HO3P/c1-24(2)16-8-3-4-15-23-31-28(25-17-9-5-10-18-25)29(26-19-11-6-12-20-26)32(30(31)33)27-21-13-7-14-22-27;1-4(2)3/h5-7,9-14,17-22,24H,3-4,8,15-16,23H2,1-2H3;(H-,1,2,3)/p+1. The molecule has 0 aliphatic carbocycles. The van der Waals surface area contributed by atoms with Crippen LogP contribution in [-0.4, -0.2) is 18.9 Å². The highest BCUT2D eigenvalue weighted by atomic mass is 31.1. The largest absolute Gasteiger partial charge is 0.692 e. The fourth-order valence-corrected chi connectivity index (χ4v) is 4.50. The molecule has 37 heavy (non-hydrogen) atoms. The van der Waals surface area contributed by atoms with Crippen LogP contribution in [0.1, 0.15) is 46.0 Å². The molecule has 0 unspecified atom stereocenters. The van der Waals surface area contributed by atoms with Crippen LogP contribution in [-0.2, 0) is 11.1 Å². The summed E-state index contributed by atoms with van der Waals surface area (Å²) in [5, 5.41) is 0. The molecule has 0 saturated heterocycles. The van der Waals surface area contributed by atoms with Crippen molar-refractivity contribution < 1.29 is 14.4 Å². The van der Waals surface area contributed by atoms with Crippen LogP contribution in [0.5, 0.6) is 0 Å². The van der Waals surface area contributed by atoms with Crippen molar-refractivity contribution in [2.75, 3.05) is 0 Å². The molecule has 0 saturated carbocycles. The van der Waals surface area contributed by atoms with Crippen molar-refractivity contribution in [3.8, 4) is 28.2 Å². The molecular weight excluding hydrogens is 483 g/mol. The van der Waals surface area contributed by atoms with E-state index in [1.807, 2.05) is 75.9 Å². The minimum Gasteiger partial charge on any atom is -0.291 e. The molecule has 0 atom stereocenters. The van der Waals surface area contributed by atoms with Crippen LogP contribution in [0.25, 0.3) is 28.2 Å². The lowest BCUT2D eigenvalue weighted by atomic mass is 10.0. The van der Waals surface area contributed by atoms with Gasteiger partial charge in [-0.05, 0) is 24.5 Å². The second-order valence-electron chi connectivity index (χ2n) is 9.38. The SMILES string of the molecule is CC(C)CCCCCCn1c(-c2ccccc2)c(-c2ccccc2)n(-c2ccccc2)c1=O.O=[P+](O)O. The number of imidazole rings is 1. The van der Waals surface area contributed by atoms with Crippen molar-refractivity contribution in [2.45, 2.75) is 52.5 Å². The van der Waals surface area contributed by atoms with Crippen molar-refractivity contribution in [3.63, 3.8) is 0 Å². The Kier molecular flexibility index (Phi) is 11.0. The molecule has 0 radical (unpaired) electrons. The van der Waals surface area contributed by atoms with Gasteiger partial charge < -0.3 is 0 Å². The van der Waals surface area contributed by atoms with E-state index >= 15 is 0 Å². The summed E-state index contributed by atoms with van der Waals surface area (Å²) in [4.78, 5) is 28.1. The van der Waals surface area contributed by atoms with E-state index in [-0.39, 0.29) is 5.69 Å². The maximum Gasteiger partial charge on any atom is 0.692 e. The molecule has 4 aromatic rings. The zero-order chi connectivity index (χ0) is 26.6. The van der Waals surface area contributed by atoms with Crippen LogP contribution in [0.15, 0.2) is 95.8 Å². The van der Waals surface area contributed by atoms with Crippen LogP contribution >= 0.6 is 8.25 Å². The topological polar surface area (TPSA) is 84.5 Å². The number of para-hydroxylation sites is 1. The van der Waals surface area contributed by atoms with Crippen molar-refractivity contribution >= 4 is 8.25 Å². The Morgan fingerprint density at radius 2 is 1.16 bits per heavy atom. The molecular formula is C30H36N2O4P+. The van der Waals surface area contributed by atoms with Crippen LogP contribution in [0.3, 0.4) is 0 Å². The van der Waals surface area contributed by atoms with Gasteiger partial charge in [-0.1, -0.05) is 118 Å². The average molecular weight is 520 g/mol. The maximum atomic E-state index is 13.9. The molecule has 4 rings (SSSR count). The van der Waals surface area contributed by atoms with E-state index in [0.29, 0.717) is 0 Å². The Morgan fingerprint density at radius 1 is 0.703 bits per heavy atom. The van der Waals surface area contributed by atoms with Gasteiger partial charge in [0.05, 0.1) is 17.1 Å². The first-order valence-corrected chi connectivity index (χ1v) is 13.9. The number of hydrogen-bond acceptors (Lipinski definition) is 2. The van der Waals surface area contributed by atoms with E-state index in [4.69, 9.17) is 14.4 Å². The predicted molar refractivity (Wildman–Crippen MR) is 151 cm³/mol. The number of hydrogen-bond donors (Lipinski definition) is 2. The molecule has 0 aliphatic rings. The van der Waals surface area contributed by atoms with Gasteiger partial charge in [-0.25, -0.2) is 4.79 Å². The third-order valence-corrected chi connectivity index (χ3v) is 6.16. The van der Waals surface area contributed by atoms with Crippen molar-refractivity contribution in [2.24, 2.45) is 5.92 Å². The number of unbranched alkanes of at least 4 members (excludes halogenated alkanes) is 3. The highest BCUT2D eigenvalue weighted by Gasteiger charge is 2.23. The van der Waals surface area contributed by atoms with Gasteiger partial charge in [0, 0.05) is 22.2 Å². The number of aromatic nitrogens is 2. The van der Waals surface area contributed by atoms with E-state index in [0.717, 1.165) is 53.5 Å². The summed E-state index contributed by atoms with van der Waals surface area (Å²) in [5.41, 5.74) is 5.00. The molecule has 0 bridgehead atoms. The van der Waals surface area contributed by atoms with Gasteiger partial charge in [-0.2, -0.15) is 0 Å². The molecule has 0 spiro atoms. The molecule has 194 valence electrons. The predicted octanol–water partition coefficient (Wildman–Crippen LogP) is 7.21. The molecule has 1 heterocycles. The third-order valence-electron chi connectivity index (χ3n) is 6.16. The normalized spacial score (nSPS) is 10.7. The highest BCUT2D eigenvalue weighted by molar-refractivity contribution is 7.30. The molecule has 7 heteroatoms. The lowest BCUT2D eigenvalue weighted by Crippen LogP contribution is -2.24. The Bertz CT molecular complexity index is 1300. The summed E-state index contributed by atoms with van der Waals surface area (Å²) in [6.45, 7) is 5.29. The van der Waals surface area contributed by atoms with Crippen molar-refractivity contribution in [1.82, 2.24) is 9.13 Å². The maximum absolute atomic E-state index is 13.9. The quantitative estimate of drug-likeness (QED) is 0.171. The minimum atomic E-state index is -2.87. The lowest BCUT2D eigenvalue weighted by molar-refractivity contribution is 0.405. The zero-order valence-electron chi connectivity index (χ0n) is 21.5. The molecule has 0 aliphatic heterocycles. The number of benzene rings is 3. The summed E-state index contributed by atoms with van der Waals surface area (Å²) in [6, 6.07) is 30.6. The van der Waals surface area contributed by atoms with Crippen molar-refractivity contribution in [1.29, 1.82) is 0 Å². The van der Waals surface area contributed by atoms with E-state index < -0.39 is 8.25 Å². The first-order chi connectivity index (χ1) is 17.9. The second kappa shape index (κ2) is 14.4. The summed E-state index contributed by atoms with van der Waals surface area (Å²) in [7, 11) is -2.87. The Hall–Kier alpha value is -3.31. The number of nitrogens with zero attached hydrogens (tertiary/aromatic N) is 2. The zero-order valence-corrected chi connectivity index (χ0v) is 22.4. The summed E-state index contributed by atoms with van der Waals surface area (Å²) >= 11 is 0. The van der Waals surface area contributed by atoms with Crippen LogP contribution < -0.4 is 5.69 Å². The summed E-state index contributed by atoms with van der Waals surface area (Å²) < 4.78 is 12.6. The molecule has 6 nitrogen and oxygen atoms in total. The van der Waals surface area contributed by atoms with E-state index in [9.17, 15) is 4.79 Å². The van der Waals surface area contributed by atoms with Crippen LogP contribution in [0.2, 0.25) is 0 Å². The van der Waals surface area contributed by atoms with E-state index in [1.165, 1.54) is 19.3 Å². The molecule has 0 amide bonds. The fraction of sp³-hybridized carbons (Fsp3) is 0.300. The summed E-state index contributed by atoms with van der Waals surface area (Å²) in [6.07, 6.45) is 5.91. The fourth-order valence-electron chi connectivity index (χ4n) is 4.50. The summed E-state index contributed by atoms with van der Waals surface area (Å²) in [5.74, 6) is 0.755. The number of rotatable bonds is 10. The van der Waals surface area contributed by atoms with Gasteiger partial charge in [0.25, 0.3) is 0 Å². The van der Waals surface area contributed by atoms with E-state index in [1.54, 1.807) is 0 Å². The highest BCUT2D eigenvalue weighted by Crippen LogP contribution is 2.33. The first-order valence-electron chi connectivity index (χ1n) is 12.8. The van der Waals surface area contributed by atoms with Gasteiger partial charge in [-0.15, -0.1) is 9.79 Å². The Balaban J connectivity index is 0.000000886. The molecule has 3 aromatic carbocycles. The second-order valence-corrected chi connectivity index (χ2v) is 9.89. The smallest absolute Gasteiger partial charge is 0.291 e. The van der Waals surface area contributed by atoms with Gasteiger partial charge in [-0.3, -0.25) is 9.13 Å². The van der Waals surface area contributed by atoms with E-state index in [2.05, 4.69) is 38.1 Å². The van der Waals surface area contributed by atoms with Gasteiger partial charge in [0.1, 0.15) is 0 Å². The molecule has 2 N–H and O–H groups in total. The monoisotopic (exact) mass is 519 g/mol.